The summed E-state index contributed by atoms with van der Waals surface area (Å²) in [7, 11) is 1.47. The fourth-order valence-electron chi connectivity index (χ4n) is 1.07. The third-order valence-corrected chi connectivity index (χ3v) is 2.42. The molecule has 0 saturated carbocycles. The molecule has 6 heteroatoms. The maximum absolute atomic E-state index is 11.5. The minimum atomic E-state index is -0.725. The summed E-state index contributed by atoms with van der Waals surface area (Å²) >= 11 is 11.6. The Morgan fingerprint density at radius 2 is 2.25 bits per heavy atom. The fraction of sp³-hybridized carbons (Fsp3) is 0.300. The van der Waals surface area contributed by atoms with E-state index in [2.05, 4.69) is 5.32 Å². The molecule has 1 aromatic rings. The van der Waals surface area contributed by atoms with Crippen LogP contribution in [0.3, 0.4) is 0 Å². The van der Waals surface area contributed by atoms with Crippen LogP contribution in [0.15, 0.2) is 18.2 Å². The largest absolute Gasteiger partial charge is 0.383 e. The molecule has 1 rings (SSSR count). The quantitative estimate of drug-likeness (QED) is 0.872. The van der Waals surface area contributed by atoms with Crippen LogP contribution in [-0.4, -0.2) is 25.7 Å². The van der Waals surface area contributed by atoms with Crippen LogP contribution >= 0.6 is 23.2 Å². The van der Waals surface area contributed by atoms with Crippen LogP contribution in [0.25, 0.3) is 0 Å². The second-order valence-corrected chi connectivity index (χ2v) is 4.02. The molecule has 0 fully saturated rings. The lowest BCUT2D eigenvalue weighted by Gasteiger charge is -2.12. The van der Waals surface area contributed by atoms with Crippen molar-refractivity contribution in [3.63, 3.8) is 0 Å². The SMILES string of the molecule is COCC(N)C(=O)Nc1ccc(Cl)cc1Cl. The van der Waals surface area contributed by atoms with E-state index in [1.54, 1.807) is 18.2 Å². The molecule has 0 heterocycles. The molecular formula is C10H12Cl2N2O2. The predicted molar refractivity (Wildman–Crippen MR) is 64.9 cm³/mol. The van der Waals surface area contributed by atoms with Gasteiger partial charge in [-0.1, -0.05) is 23.2 Å². The molecule has 1 amide bonds. The summed E-state index contributed by atoms with van der Waals surface area (Å²) in [4.78, 5) is 11.5. The zero-order valence-electron chi connectivity index (χ0n) is 8.67. The molecule has 16 heavy (non-hydrogen) atoms. The summed E-state index contributed by atoms with van der Waals surface area (Å²) in [5.74, 6) is -0.355. The van der Waals surface area contributed by atoms with E-state index in [1.807, 2.05) is 0 Å². The van der Waals surface area contributed by atoms with Crippen LogP contribution in [0.2, 0.25) is 10.0 Å². The number of anilines is 1. The number of carbonyl (C=O) groups is 1. The van der Waals surface area contributed by atoms with Crippen LogP contribution in [-0.2, 0) is 9.53 Å². The van der Waals surface area contributed by atoms with Gasteiger partial charge < -0.3 is 15.8 Å². The summed E-state index contributed by atoms with van der Waals surface area (Å²) in [6, 6.07) is 4.06. The summed E-state index contributed by atoms with van der Waals surface area (Å²) in [5, 5.41) is 3.46. The van der Waals surface area contributed by atoms with Crippen molar-refractivity contribution in [2.45, 2.75) is 6.04 Å². The van der Waals surface area contributed by atoms with Crippen molar-refractivity contribution in [1.82, 2.24) is 0 Å². The van der Waals surface area contributed by atoms with E-state index >= 15 is 0 Å². The van der Waals surface area contributed by atoms with Crippen molar-refractivity contribution in [1.29, 1.82) is 0 Å². The smallest absolute Gasteiger partial charge is 0.243 e. The lowest BCUT2D eigenvalue weighted by atomic mass is 10.2. The molecular weight excluding hydrogens is 251 g/mol. The number of hydrogen-bond donors (Lipinski definition) is 2. The fourth-order valence-corrected chi connectivity index (χ4v) is 1.53. The number of benzene rings is 1. The van der Waals surface area contributed by atoms with Gasteiger partial charge in [0.15, 0.2) is 0 Å². The van der Waals surface area contributed by atoms with Crippen LogP contribution < -0.4 is 11.1 Å². The normalized spacial score (nSPS) is 12.2. The van der Waals surface area contributed by atoms with Gasteiger partial charge in [0, 0.05) is 12.1 Å². The third kappa shape index (κ3) is 3.64. The molecule has 0 aliphatic carbocycles. The maximum atomic E-state index is 11.5. The summed E-state index contributed by atoms with van der Waals surface area (Å²) in [6.45, 7) is 0.150. The number of hydrogen-bond acceptors (Lipinski definition) is 3. The van der Waals surface area contributed by atoms with E-state index in [1.165, 1.54) is 7.11 Å². The van der Waals surface area contributed by atoms with Crippen molar-refractivity contribution >= 4 is 34.8 Å². The number of rotatable bonds is 4. The second kappa shape index (κ2) is 6.06. The van der Waals surface area contributed by atoms with E-state index in [4.69, 9.17) is 33.7 Å². The first-order valence-corrected chi connectivity index (χ1v) is 5.30. The number of nitrogens with one attached hydrogen (secondary N) is 1. The highest BCUT2D eigenvalue weighted by Gasteiger charge is 2.14. The van der Waals surface area contributed by atoms with Crippen molar-refractivity contribution < 1.29 is 9.53 Å². The Morgan fingerprint density at radius 1 is 1.56 bits per heavy atom. The van der Waals surface area contributed by atoms with Gasteiger partial charge in [-0.05, 0) is 18.2 Å². The van der Waals surface area contributed by atoms with Gasteiger partial charge in [0.2, 0.25) is 5.91 Å². The average Bonchev–Trinajstić information content (AvgIpc) is 2.22. The van der Waals surface area contributed by atoms with E-state index in [-0.39, 0.29) is 12.5 Å². The Hall–Kier alpha value is -0.810. The van der Waals surface area contributed by atoms with Crippen LogP contribution in [0.4, 0.5) is 5.69 Å². The van der Waals surface area contributed by atoms with Crippen LogP contribution in [0.5, 0.6) is 0 Å². The van der Waals surface area contributed by atoms with Crippen molar-refractivity contribution in [3.8, 4) is 0 Å². The van der Waals surface area contributed by atoms with Gasteiger partial charge in [-0.15, -0.1) is 0 Å². The molecule has 3 N–H and O–H groups in total. The first-order valence-electron chi connectivity index (χ1n) is 4.55. The molecule has 0 aliphatic heterocycles. The van der Waals surface area contributed by atoms with Crippen LogP contribution in [0.1, 0.15) is 0 Å². The minimum Gasteiger partial charge on any atom is -0.383 e. The van der Waals surface area contributed by atoms with E-state index in [9.17, 15) is 4.79 Å². The van der Waals surface area contributed by atoms with E-state index < -0.39 is 6.04 Å². The summed E-state index contributed by atoms with van der Waals surface area (Å²) < 4.78 is 4.77. The minimum absolute atomic E-state index is 0.150. The standard InChI is InChI=1S/C10H12Cl2N2O2/c1-16-5-8(13)10(15)14-9-3-2-6(11)4-7(9)12/h2-4,8H,5,13H2,1H3,(H,14,15). The first-order chi connectivity index (χ1) is 7.54. The molecule has 1 atom stereocenters. The molecule has 0 aromatic heterocycles. The van der Waals surface area contributed by atoms with E-state index in [0.717, 1.165) is 0 Å². The molecule has 1 unspecified atom stereocenters. The molecule has 0 saturated heterocycles. The molecule has 4 nitrogen and oxygen atoms in total. The molecule has 0 spiro atoms. The van der Waals surface area contributed by atoms with Crippen molar-refractivity contribution in [2.24, 2.45) is 5.73 Å². The first kappa shape index (κ1) is 13.3. The monoisotopic (exact) mass is 262 g/mol. The zero-order chi connectivity index (χ0) is 12.1. The number of ether oxygens (including phenoxy) is 1. The number of halogens is 2. The van der Waals surface area contributed by atoms with Crippen molar-refractivity contribution in [2.75, 3.05) is 19.0 Å². The predicted octanol–water partition coefficient (Wildman–Crippen LogP) is 1.91. The lowest BCUT2D eigenvalue weighted by Crippen LogP contribution is -2.39. The highest BCUT2D eigenvalue weighted by Crippen LogP contribution is 2.25. The molecule has 1 aromatic carbocycles. The Kier molecular flexibility index (Phi) is 5.02. The zero-order valence-corrected chi connectivity index (χ0v) is 10.2. The average molecular weight is 263 g/mol. The van der Waals surface area contributed by atoms with Gasteiger partial charge in [-0.25, -0.2) is 0 Å². The van der Waals surface area contributed by atoms with Crippen molar-refractivity contribution in [3.05, 3.63) is 28.2 Å². The highest BCUT2D eigenvalue weighted by atomic mass is 35.5. The Bertz CT molecular complexity index is 385. The number of carbonyl (C=O) groups excluding carboxylic acids is 1. The maximum Gasteiger partial charge on any atom is 0.243 e. The molecule has 0 radical (unpaired) electrons. The molecule has 88 valence electrons. The highest BCUT2D eigenvalue weighted by molar-refractivity contribution is 6.36. The second-order valence-electron chi connectivity index (χ2n) is 3.18. The van der Waals surface area contributed by atoms with Gasteiger partial charge in [0.25, 0.3) is 0 Å². The van der Waals surface area contributed by atoms with Gasteiger partial charge >= 0.3 is 0 Å². The van der Waals surface area contributed by atoms with E-state index in [0.29, 0.717) is 15.7 Å². The summed E-state index contributed by atoms with van der Waals surface area (Å²) in [6.07, 6.45) is 0. The topological polar surface area (TPSA) is 64.3 Å². The van der Waals surface area contributed by atoms with Gasteiger partial charge in [0.05, 0.1) is 17.3 Å². The number of methoxy groups -OCH3 is 1. The molecule has 0 aliphatic rings. The molecule has 0 bridgehead atoms. The lowest BCUT2D eigenvalue weighted by molar-refractivity contribution is -0.118. The summed E-state index contributed by atoms with van der Waals surface area (Å²) in [5.41, 5.74) is 6.02. The number of nitrogens with two attached hydrogens (primary N) is 1. The third-order valence-electron chi connectivity index (χ3n) is 1.87. The Morgan fingerprint density at radius 3 is 2.81 bits per heavy atom. The Balaban J connectivity index is 2.69. The number of amides is 1. The van der Waals surface area contributed by atoms with Gasteiger partial charge in [-0.3, -0.25) is 4.79 Å². The van der Waals surface area contributed by atoms with Crippen LogP contribution in [0, 0.1) is 0 Å². The van der Waals surface area contributed by atoms with Gasteiger partial charge in [0.1, 0.15) is 6.04 Å². The van der Waals surface area contributed by atoms with Gasteiger partial charge in [-0.2, -0.15) is 0 Å². The Labute approximate surface area is 104 Å².